The molecule has 1 aliphatic heterocycles. The number of Topliss-reactive ketones (excluding diaryl/α,β-unsaturated/α-hetero) is 1. The number of carbonyl (C=O) groups excluding carboxylic acids is 2. The van der Waals surface area contributed by atoms with Gasteiger partial charge in [-0.25, -0.2) is 4.39 Å². The fraction of sp³-hybridized carbons (Fsp3) is 0.333. The zero-order chi connectivity index (χ0) is 13.4. The van der Waals surface area contributed by atoms with Crippen molar-refractivity contribution < 1.29 is 19.1 Å². The summed E-state index contributed by atoms with van der Waals surface area (Å²) in [7, 11) is 1.62. The van der Waals surface area contributed by atoms with Crippen LogP contribution in [0.25, 0.3) is 0 Å². The number of anilines is 2. The number of ketones is 1. The highest BCUT2D eigenvalue weighted by Crippen LogP contribution is 2.30. The van der Waals surface area contributed by atoms with Crippen molar-refractivity contribution in [3.05, 3.63) is 23.5 Å². The third-order valence-electron chi connectivity index (χ3n) is 2.74. The smallest absolute Gasteiger partial charge is 0.296 e. The highest BCUT2D eigenvalue weighted by molar-refractivity contribution is 6.51. The van der Waals surface area contributed by atoms with Crippen LogP contribution in [0.4, 0.5) is 15.8 Å². The third-order valence-corrected chi connectivity index (χ3v) is 2.74. The number of aliphatic hydroxyl groups is 1. The average Bonchev–Trinajstić information content (AvgIpc) is 2.53. The monoisotopic (exact) mass is 252 g/mol. The van der Waals surface area contributed by atoms with Crippen LogP contribution in [0.2, 0.25) is 0 Å². The molecule has 6 heteroatoms. The SMILES string of the molecule is CC(O)CN(C)c1cc2c(cc1F)C(=O)C(=O)N2. The Morgan fingerprint density at radius 1 is 1.44 bits per heavy atom. The molecular weight excluding hydrogens is 239 g/mol. The summed E-state index contributed by atoms with van der Waals surface area (Å²) >= 11 is 0. The van der Waals surface area contributed by atoms with Gasteiger partial charge in [0.2, 0.25) is 0 Å². The van der Waals surface area contributed by atoms with Gasteiger partial charge in [0.05, 0.1) is 23.0 Å². The molecule has 0 fully saturated rings. The molecule has 1 heterocycles. The van der Waals surface area contributed by atoms with Gasteiger partial charge in [0.25, 0.3) is 11.7 Å². The minimum atomic E-state index is -0.750. The molecule has 1 unspecified atom stereocenters. The van der Waals surface area contributed by atoms with E-state index in [-0.39, 0.29) is 17.8 Å². The van der Waals surface area contributed by atoms with Gasteiger partial charge in [-0.15, -0.1) is 0 Å². The number of amides is 1. The first kappa shape index (κ1) is 12.5. The first-order valence-electron chi connectivity index (χ1n) is 5.48. The summed E-state index contributed by atoms with van der Waals surface area (Å²) in [6.45, 7) is 1.84. The zero-order valence-corrected chi connectivity index (χ0v) is 10.0. The van der Waals surface area contributed by atoms with E-state index in [1.54, 1.807) is 14.0 Å². The van der Waals surface area contributed by atoms with E-state index in [9.17, 15) is 19.1 Å². The van der Waals surface area contributed by atoms with E-state index in [2.05, 4.69) is 5.32 Å². The van der Waals surface area contributed by atoms with E-state index >= 15 is 0 Å². The van der Waals surface area contributed by atoms with Gasteiger partial charge < -0.3 is 15.3 Å². The van der Waals surface area contributed by atoms with Crippen LogP contribution < -0.4 is 10.2 Å². The summed E-state index contributed by atoms with van der Waals surface area (Å²) in [6, 6.07) is 2.44. The Balaban J connectivity index is 2.38. The van der Waals surface area contributed by atoms with E-state index in [4.69, 9.17) is 0 Å². The van der Waals surface area contributed by atoms with Crippen LogP contribution >= 0.6 is 0 Å². The second-order valence-corrected chi connectivity index (χ2v) is 4.36. The molecule has 1 aromatic rings. The number of nitrogens with zero attached hydrogens (tertiary/aromatic N) is 1. The maximum atomic E-state index is 13.8. The Hall–Kier alpha value is -1.95. The van der Waals surface area contributed by atoms with E-state index in [0.717, 1.165) is 6.07 Å². The number of rotatable bonds is 3. The summed E-state index contributed by atoms with van der Waals surface area (Å²) in [6.07, 6.45) is -0.612. The van der Waals surface area contributed by atoms with Gasteiger partial charge in [-0.05, 0) is 19.1 Å². The number of aliphatic hydroxyl groups excluding tert-OH is 1. The predicted octanol–water partition coefficient (Wildman–Crippen LogP) is 0.778. The zero-order valence-electron chi connectivity index (χ0n) is 10.0. The molecule has 1 atom stereocenters. The topological polar surface area (TPSA) is 69.6 Å². The van der Waals surface area contributed by atoms with Gasteiger partial charge in [-0.3, -0.25) is 9.59 Å². The second kappa shape index (κ2) is 4.38. The number of hydrogen-bond donors (Lipinski definition) is 2. The van der Waals surface area contributed by atoms with E-state index in [0.29, 0.717) is 5.69 Å². The van der Waals surface area contributed by atoms with Crippen LogP contribution in [0.5, 0.6) is 0 Å². The lowest BCUT2D eigenvalue weighted by atomic mass is 10.1. The van der Waals surface area contributed by atoms with Gasteiger partial charge in [-0.1, -0.05) is 0 Å². The molecule has 2 rings (SSSR count). The quantitative estimate of drug-likeness (QED) is 0.780. The number of hydrogen-bond acceptors (Lipinski definition) is 4. The number of benzene rings is 1. The summed E-state index contributed by atoms with van der Waals surface area (Å²) in [4.78, 5) is 24.1. The highest BCUT2D eigenvalue weighted by Gasteiger charge is 2.30. The number of carbonyl (C=O) groups is 2. The molecule has 5 nitrogen and oxygen atoms in total. The molecule has 2 N–H and O–H groups in total. The molecule has 0 saturated carbocycles. The summed E-state index contributed by atoms with van der Waals surface area (Å²) < 4.78 is 13.8. The highest BCUT2D eigenvalue weighted by atomic mass is 19.1. The lowest BCUT2D eigenvalue weighted by molar-refractivity contribution is -0.112. The fourth-order valence-electron chi connectivity index (χ4n) is 1.94. The summed E-state index contributed by atoms with van der Waals surface area (Å²) in [5, 5.41) is 11.6. The molecule has 18 heavy (non-hydrogen) atoms. The number of halogens is 1. The standard InChI is InChI=1S/C12H13FN2O3/c1-6(16)5-15(2)10-4-9-7(3-8(10)13)11(17)12(18)14-9/h3-4,6,16H,5H2,1-2H3,(H,14,17,18). The maximum Gasteiger partial charge on any atom is 0.296 e. The van der Waals surface area contributed by atoms with Crippen LogP contribution in [-0.2, 0) is 4.79 Å². The normalized spacial score (nSPS) is 15.3. The third kappa shape index (κ3) is 2.06. The number of fused-ring (bicyclic) bond motifs is 1. The molecule has 0 bridgehead atoms. The molecule has 0 radical (unpaired) electrons. The van der Waals surface area contributed by atoms with Crippen LogP contribution in [0.1, 0.15) is 17.3 Å². The molecule has 1 aromatic carbocycles. The van der Waals surface area contributed by atoms with Gasteiger partial charge >= 0.3 is 0 Å². The van der Waals surface area contributed by atoms with Gasteiger partial charge in [-0.2, -0.15) is 0 Å². The van der Waals surface area contributed by atoms with Gasteiger partial charge in [0.15, 0.2) is 0 Å². The summed E-state index contributed by atoms with van der Waals surface area (Å²) in [5.41, 5.74) is 0.579. The molecule has 0 aliphatic carbocycles. The summed E-state index contributed by atoms with van der Waals surface area (Å²) in [5.74, 6) is -2.07. The van der Waals surface area contributed by atoms with Crippen molar-refractivity contribution in [2.45, 2.75) is 13.0 Å². The van der Waals surface area contributed by atoms with Crippen molar-refractivity contribution in [3.8, 4) is 0 Å². The minimum absolute atomic E-state index is 0.0479. The van der Waals surface area contributed by atoms with Crippen molar-refractivity contribution in [2.75, 3.05) is 23.8 Å². The second-order valence-electron chi connectivity index (χ2n) is 4.36. The Morgan fingerprint density at radius 3 is 2.72 bits per heavy atom. The van der Waals surface area contributed by atoms with Crippen molar-refractivity contribution >= 4 is 23.1 Å². The fourth-order valence-corrected chi connectivity index (χ4v) is 1.94. The average molecular weight is 252 g/mol. The lowest BCUT2D eigenvalue weighted by Crippen LogP contribution is -2.27. The van der Waals surface area contributed by atoms with E-state index in [1.807, 2.05) is 0 Å². The van der Waals surface area contributed by atoms with Crippen LogP contribution in [0.3, 0.4) is 0 Å². The molecule has 1 aliphatic rings. The predicted molar refractivity (Wildman–Crippen MR) is 64.3 cm³/mol. The molecule has 96 valence electrons. The first-order valence-corrected chi connectivity index (χ1v) is 5.48. The molecule has 0 spiro atoms. The van der Waals surface area contributed by atoms with Gasteiger partial charge in [0.1, 0.15) is 5.82 Å². The number of nitrogens with one attached hydrogen (secondary N) is 1. The van der Waals surface area contributed by atoms with Crippen LogP contribution in [0.15, 0.2) is 12.1 Å². The van der Waals surface area contributed by atoms with Crippen molar-refractivity contribution in [1.29, 1.82) is 0 Å². The maximum absolute atomic E-state index is 13.8. The van der Waals surface area contributed by atoms with E-state index < -0.39 is 23.6 Å². The minimum Gasteiger partial charge on any atom is -0.392 e. The Labute approximate surface area is 103 Å². The Morgan fingerprint density at radius 2 is 2.11 bits per heavy atom. The molecule has 0 saturated heterocycles. The molecular formula is C12H13FN2O3. The Kier molecular flexibility index (Phi) is 3.04. The molecule has 1 amide bonds. The lowest BCUT2D eigenvalue weighted by Gasteiger charge is -2.22. The Bertz CT molecular complexity index is 528. The first-order chi connectivity index (χ1) is 8.40. The van der Waals surface area contributed by atoms with Crippen molar-refractivity contribution in [1.82, 2.24) is 0 Å². The van der Waals surface area contributed by atoms with E-state index in [1.165, 1.54) is 11.0 Å². The largest absolute Gasteiger partial charge is 0.392 e. The number of likely N-dealkylation sites (N-methyl/N-ethyl adjacent to an activating group) is 1. The van der Waals surface area contributed by atoms with Crippen molar-refractivity contribution in [2.24, 2.45) is 0 Å². The molecule has 0 aromatic heterocycles. The van der Waals surface area contributed by atoms with Crippen LogP contribution in [0, 0.1) is 5.82 Å². The van der Waals surface area contributed by atoms with Gasteiger partial charge in [0, 0.05) is 13.6 Å². The van der Waals surface area contributed by atoms with Crippen molar-refractivity contribution in [3.63, 3.8) is 0 Å². The van der Waals surface area contributed by atoms with Crippen LogP contribution in [-0.4, -0.2) is 36.5 Å².